The third-order valence-electron chi connectivity index (χ3n) is 4.46. The summed E-state index contributed by atoms with van der Waals surface area (Å²) in [4.78, 5) is 24.0. The number of rotatable bonds is 2. The van der Waals surface area contributed by atoms with Crippen molar-refractivity contribution in [3.63, 3.8) is 0 Å². The molecule has 3 saturated heterocycles. The number of carbonyl (C=O) groups excluding carboxylic acids is 2. The lowest BCUT2D eigenvalue weighted by Crippen LogP contribution is -2.30. The van der Waals surface area contributed by atoms with E-state index < -0.39 is 0 Å². The second kappa shape index (κ2) is 10.1. The van der Waals surface area contributed by atoms with Crippen LogP contribution in [-0.2, 0) is 14.3 Å². The topological polar surface area (TPSA) is 78.9 Å². The Morgan fingerprint density at radius 2 is 1.84 bits per heavy atom. The predicted molar refractivity (Wildman–Crippen MR) is 104 cm³/mol. The highest BCUT2D eigenvalue weighted by Crippen LogP contribution is 2.36. The van der Waals surface area contributed by atoms with Crippen molar-refractivity contribution in [2.45, 2.75) is 44.0 Å². The summed E-state index contributed by atoms with van der Waals surface area (Å²) in [6.07, 6.45) is 2.84. The zero-order chi connectivity index (χ0) is 16.2. The lowest BCUT2D eigenvalue weighted by molar-refractivity contribution is -0.134. The molecule has 25 heavy (non-hydrogen) atoms. The Morgan fingerprint density at radius 3 is 2.40 bits per heavy atom. The molecule has 4 rings (SSSR count). The van der Waals surface area contributed by atoms with Crippen LogP contribution in [0.15, 0.2) is 30.3 Å². The highest BCUT2D eigenvalue weighted by Gasteiger charge is 2.42. The first kappa shape index (κ1) is 21.8. The van der Waals surface area contributed by atoms with Crippen molar-refractivity contribution in [3.8, 4) is 0 Å². The van der Waals surface area contributed by atoms with E-state index >= 15 is 0 Å². The molecule has 3 atom stereocenters. The van der Waals surface area contributed by atoms with Gasteiger partial charge in [0.05, 0.1) is 25.3 Å². The van der Waals surface area contributed by atoms with E-state index in [4.69, 9.17) is 9.84 Å². The Bertz CT molecular complexity index is 573. The molecule has 3 aliphatic rings. The van der Waals surface area contributed by atoms with Crippen molar-refractivity contribution in [1.29, 1.82) is 0 Å². The van der Waals surface area contributed by atoms with Crippen LogP contribution in [0.3, 0.4) is 0 Å². The van der Waals surface area contributed by atoms with Crippen LogP contribution in [0.25, 0.3) is 0 Å². The third-order valence-corrected chi connectivity index (χ3v) is 4.46. The van der Waals surface area contributed by atoms with E-state index in [9.17, 15) is 9.59 Å². The molecule has 0 spiro atoms. The summed E-state index contributed by atoms with van der Waals surface area (Å²) < 4.78 is 5.68. The van der Waals surface area contributed by atoms with Gasteiger partial charge in [0, 0.05) is 18.4 Å². The van der Waals surface area contributed by atoms with Crippen LogP contribution < -0.4 is 5.32 Å². The van der Waals surface area contributed by atoms with E-state index in [-0.39, 0.29) is 57.7 Å². The molecule has 0 bridgehead atoms. The molecule has 0 saturated carbocycles. The standard InChI is InChI=1S/C12H13NO2.C5H9NO2.2H2S/c14-11-7-6-10-8-15-12(13(10)11)9-4-2-1-3-5-9;7-3-4-1-2-5(8)6-4;;/h1-5,10,12H,6-8H2;4,7H,1-3H2,(H,6,8);2*1H2/t10-,12+;4-;;/m00../s1. The van der Waals surface area contributed by atoms with Crippen molar-refractivity contribution in [2.75, 3.05) is 13.2 Å². The van der Waals surface area contributed by atoms with Gasteiger partial charge >= 0.3 is 0 Å². The van der Waals surface area contributed by atoms with Crippen LogP contribution in [-0.4, -0.2) is 47.1 Å². The van der Waals surface area contributed by atoms with Gasteiger partial charge in [0.1, 0.15) is 0 Å². The molecule has 0 radical (unpaired) electrons. The second-order valence-electron chi connectivity index (χ2n) is 6.08. The molecule has 6 nitrogen and oxygen atoms in total. The SMILES string of the molecule is O=C1CC[C@@H](CO)N1.O=C1CC[C@H]2CO[C@H](c3ccccc3)N12.S.S. The van der Waals surface area contributed by atoms with E-state index in [1.165, 1.54) is 0 Å². The molecule has 2 N–H and O–H groups in total. The summed E-state index contributed by atoms with van der Waals surface area (Å²) in [5.41, 5.74) is 1.08. The zero-order valence-corrected chi connectivity index (χ0v) is 16.0. The van der Waals surface area contributed by atoms with Crippen molar-refractivity contribution in [2.24, 2.45) is 0 Å². The number of benzene rings is 1. The molecule has 2 amide bonds. The summed E-state index contributed by atoms with van der Waals surface area (Å²) in [7, 11) is 0. The van der Waals surface area contributed by atoms with Crippen LogP contribution in [0.4, 0.5) is 0 Å². The van der Waals surface area contributed by atoms with E-state index in [0.717, 1.165) is 18.4 Å². The van der Waals surface area contributed by atoms with Gasteiger partial charge in [0.15, 0.2) is 6.23 Å². The van der Waals surface area contributed by atoms with E-state index in [1.807, 2.05) is 35.2 Å². The lowest BCUT2D eigenvalue weighted by Gasteiger charge is -2.22. The maximum Gasteiger partial charge on any atom is 0.225 e. The molecular weight excluding hydrogens is 360 g/mol. The van der Waals surface area contributed by atoms with E-state index in [2.05, 4.69) is 5.32 Å². The first-order valence-corrected chi connectivity index (χ1v) is 8.07. The third kappa shape index (κ3) is 5.13. The Labute approximate surface area is 161 Å². The highest BCUT2D eigenvalue weighted by atomic mass is 32.1. The average Bonchev–Trinajstić information content (AvgIpc) is 3.27. The van der Waals surface area contributed by atoms with Gasteiger partial charge in [-0.1, -0.05) is 30.3 Å². The van der Waals surface area contributed by atoms with E-state index in [1.54, 1.807) is 0 Å². The number of ether oxygens (including phenoxy) is 1. The normalized spacial score (nSPS) is 26.8. The van der Waals surface area contributed by atoms with Gasteiger partial charge in [0.2, 0.25) is 11.8 Å². The number of amides is 2. The molecule has 8 heteroatoms. The fourth-order valence-corrected chi connectivity index (χ4v) is 3.22. The van der Waals surface area contributed by atoms with Crippen molar-refractivity contribution in [3.05, 3.63) is 35.9 Å². The molecule has 0 aliphatic carbocycles. The zero-order valence-electron chi connectivity index (χ0n) is 14.0. The smallest absolute Gasteiger partial charge is 0.225 e. The number of aliphatic hydroxyl groups excluding tert-OH is 1. The first-order valence-electron chi connectivity index (χ1n) is 8.07. The first-order chi connectivity index (χ1) is 11.2. The van der Waals surface area contributed by atoms with Crippen molar-refractivity contribution < 1.29 is 19.4 Å². The van der Waals surface area contributed by atoms with Crippen LogP contribution in [0, 0.1) is 0 Å². The van der Waals surface area contributed by atoms with Crippen LogP contribution >= 0.6 is 27.0 Å². The number of aliphatic hydroxyl groups is 1. The van der Waals surface area contributed by atoms with Gasteiger partial charge in [-0.05, 0) is 12.8 Å². The number of hydrogen-bond acceptors (Lipinski definition) is 4. The summed E-state index contributed by atoms with van der Waals surface area (Å²) in [6.45, 7) is 0.761. The summed E-state index contributed by atoms with van der Waals surface area (Å²) in [5.74, 6) is 0.287. The summed E-state index contributed by atoms with van der Waals surface area (Å²) in [5, 5.41) is 11.1. The lowest BCUT2D eigenvalue weighted by atomic mass is 10.2. The summed E-state index contributed by atoms with van der Waals surface area (Å²) in [6, 6.07) is 10.3. The molecule has 3 fully saturated rings. The minimum atomic E-state index is -0.147. The molecule has 1 aromatic carbocycles. The number of hydrogen-bond donors (Lipinski definition) is 2. The average molecular weight is 387 g/mol. The van der Waals surface area contributed by atoms with Crippen molar-refractivity contribution in [1.82, 2.24) is 10.2 Å². The molecule has 0 aromatic heterocycles. The molecule has 3 aliphatic heterocycles. The van der Waals surface area contributed by atoms with Gasteiger partial charge in [-0.2, -0.15) is 27.0 Å². The van der Waals surface area contributed by atoms with Crippen molar-refractivity contribution >= 4 is 38.8 Å². The number of nitrogens with zero attached hydrogens (tertiary/aromatic N) is 1. The number of carbonyl (C=O) groups is 2. The van der Waals surface area contributed by atoms with Gasteiger partial charge in [-0.15, -0.1) is 0 Å². The molecule has 140 valence electrons. The Hall–Kier alpha value is -1.22. The fourth-order valence-electron chi connectivity index (χ4n) is 3.22. The number of nitrogens with one attached hydrogen (secondary N) is 1. The van der Waals surface area contributed by atoms with Gasteiger partial charge in [-0.3, -0.25) is 9.59 Å². The minimum Gasteiger partial charge on any atom is -0.394 e. The fraction of sp³-hybridized carbons (Fsp3) is 0.529. The van der Waals surface area contributed by atoms with Gasteiger partial charge in [-0.25, -0.2) is 0 Å². The Balaban J connectivity index is 0.000000271. The van der Waals surface area contributed by atoms with Crippen LogP contribution in [0.2, 0.25) is 0 Å². The highest BCUT2D eigenvalue weighted by molar-refractivity contribution is 7.59. The predicted octanol–water partition coefficient (Wildman–Crippen LogP) is 1.19. The molecular formula is C17H26N2O4S2. The van der Waals surface area contributed by atoms with E-state index in [0.29, 0.717) is 25.5 Å². The maximum atomic E-state index is 11.7. The quantitative estimate of drug-likeness (QED) is 0.800. The molecule has 1 aromatic rings. The van der Waals surface area contributed by atoms with Gasteiger partial charge in [0.25, 0.3) is 0 Å². The van der Waals surface area contributed by atoms with Crippen LogP contribution in [0.1, 0.15) is 37.5 Å². The maximum absolute atomic E-state index is 11.7. The molecule has 3 heterocycles. The second-order valence-corrected chi connectivity index (χ2v) is 6.08. The Morgan fingerprint density at radius 1 is 1.12 bits per heavy atom. The largest absolute Gasteiger partial charge is 0.394 e. The number of fused-ring (bicyclic) bond motifs is 1. The molecule has 0 unspecified atom stereocenters. The van der Waals surface area contributed by atoms with Crippen LogP contribution in [0.5, 0.6) is 0 Å². The monoisotopic (exact) mass is 386 g/mol. The summed E-state index contributed by atoms with van der Waals surface area (Å²) >= 11 is 0. The Kier molecular flexibility index (Phi) is 8.78. The van der Waals surface area contributed by atoms with Gasteiger partial charge < -0.3 is 20.1 Å². The minimum absolute atomic E-state index is 0.